The fraction of sp³-hybridized carbons (Fsp3) is 0.393. The van der Waals surface area contributed by atoms with Crippen LogP contribution in [0.3, 0.4) is 0 Å². The number of nitrogens with zero attached hydrogens (tertiary/aromatic N) is 2. The predicted molar refractivity (Wildman–Crippen MR) is 150 cm³/mol. The predicted octanol–water partition coefficient (Wildman–Crippen LogP) is 6.09. The molecule has 0 bridgehead atoms. The van der Waals surface area contributed by atoms with Crippen LogP contribution in [0.5, 0.6) is 6.01 Å². The Labute approximate surface area is 232 Å². The van der Waals surface area contributed by atoms with E-state index in [1.54, 1.807) is 34.9 Å². The van der Waals surface area contributed by atoms with Crippen molar-refractivity contribution in [2.75, 3.05) is 12.4 Å². The van der Waals surface area contributed by atoms with E-state index in [9.17, 15) is 14.7 Å². The van der Waals surface area contributed by atoms with Crippen molar-refractivity contribution in [1.29, 1.82) is 0 Å². The van der Waals surface area contributed by atoms with E-state index in [4.69, 9.17) is 16.3 Å². The van der Waals surface area contributed by atoms with E-state index in [-0.39, 0.29) is 41.6 Å². The van der Waals surface area contributed by atoms with Gasteiger partial charge in [0.25, 0.3) is 6.01 Å². The minimum atomic E-state index is -1.09. The Morgan fingerprint density at radius 1 is 1.24 bits per heavy atom. The first-order chi connectivity index (χ1) is 18.2. The molecule has 10 heteroatoms. The topological polar surface area (TPSA) is 93.5 Å². The highest BCUT2D eigenvalue weighted by molar-refractivity contribution is 7.80. The third-order valence-electron chi connectivity index (χ3n) is 6.05. The number of hydrogen-bond acceptors (Lipinski definition) is 5. The molecule has 0 fully saturated rings. The van der Waals surface area contributed by atoms with Crippen LogP contribution in [0.15, 0.2) is 42.5 Å². The SMILES string of the molecule is CCCOc1nc(Cl)c(CNC(=O)C(CS)CC(C)C)n1Cc1ccc(-c2ccccc2C(=O)O)cc1F. The molecule has 3 aromatic rings. The maximum atomic E-state index is 15.3. The van der Waals surface area contributed by atoms with Gasteiger partial charge in [0.15, 0.2) is 5.15 Å². The molecule has 3 rings (SSSR count). The number of rotatable bonds is 13. The molecule has 0 aliphatic rings. The van der Waals surface area contributed by atoms with Gasteiger partial charge in [0.1, 0.15) is 5.82 Å². The number of carboxylic acid groups (broad SMARTS) is 1. The molecule has 2 aromatic carbocycles. The number of halogens is 2. The first-order valence-electron chi connectivity index (χ1n) is 12.5. The summed E-state index contributed by atoms with van der Waals surface area (Å²) in [6.07, 6.45) is 1.44. The molecule has 1 atom stereocenters. The summed E-state index contributed by atoms with van der Waals surface area (Å²) in [6, 6.07) is 11.3. The number of imidazole rings is 1. The van der Waals surface area contributed by atoms with E-state index in [2.05, 4.69) is 22.9 Å². The summed E-state index contributed by atoms with van der Waals surface area (Å²) >= 11 is 10.8. The van der Waals surface area contributed by atoms with E-state index in [0.717, 1.165) is 6.42 Å². The number of hydrogen-bond donors (Lipinski definition) is 3. The van der Waals surface area contributed by atoms with Gasteiger partial charge in [-0.1, -0.05) is 62.7 Å². The van der Waals surface area contributed by atoms with Gasteiger partial charge in [-0.3, -0.25) is 9.36 Å². The molecule has 1 unspecified atom stereocenters. The van der Waals surface area contributed by atoms with Crippen LogP contribution >= 0.6 is 24.2 Å². The van der Waals surface area contributed by atoms with Crippen LogP contribution < -0.4 is 10.1 Å². The molecule has 0 aliphatic carbocycles. The number of amides is 1. The standard InChI is InChI=1S/C28H33ClFN3O4S/c1-4-11-37-28-32-25(29)24(14-31-26(34)20(16-38)12-17(2)3)33(28)15-19-10-9-18(13-23(19)30)21-7-5-6-8-22(21)27(35)36/h5-10,13,17,20,38H,4,11-12,14-16H2,1-3H3,(H,31,34)(H,35,36). The largest absolute Gasteiger partial charge is 0.478 e. The van der Waals surface area contributed by atoms with Crippen LogP contribution in [0.2, 0.25) is 5.15 Å². The lowest BCUT2D eigenvalue weighted by molar-refractivity contribution is -0.124. The third kappa shape index (κ3) is 7.29. The Hall–Kier alpha value is -3.04. The molecule has 38 heavy (non-hydrogen) atoms. The molecule has 0 radical (unpaired) electrons. The first kappa shape index (κ1) is 29.5. The lowest BCUT2D eigenvalue weighted by Crippen LogP contribution is -2.33. The molecule has 1 heterocycles. The number of ether oxygens (including phenoxy) is 1. The molecular weight excluding hydrogens is 529 g/mol. The lowest BCUT2D eigenvalue weighted by Gasteiger charge is -2.18. The minimum absolute atomic E-state index is 0.0542. The van der Waals surface area contributed by atoms with Gasteiger partial charge in [-0.15, -0.1) is 0 Å². The Kier molecular flexibility index (Phi) is 10.6. The lowest BCUT2D eigenvalue weighted by atomic mass is 9.98. The van der Waals surface area contributed by atoms with Crippen LogP contribution in [-0.4, -0.2) is 38.9 Å². The zero-order valence-corrected chi connectivity index (χ0v) is 23.4. The van der Waals surface area contributed by atoms with Crippen LogP contribution in [0.4, 0.5) is 4.39 Å². The molecule has 0 spiro atoms. The van der Waals surface area contributed by atoms with Gasteiger partial charge in [0, 0.05) is 17.2 Å². The van der Waals surface area contributed by atoms with Crippen LogP contribution in [0.1, 0.15) is 55.2 Å². The zero-order valence-electron chi connectivity index (χ0n) is 21.7. The van der Waals surface area contributed by atoms with Gasteiger partial charge in [-0.05, 0) is 42.0 Å². The first-order valence-corrected chi connectivity index (χ1v) is 13.5. The van der Waals surface area contributed by atoms with Crippen molar-refractivity contribution in [3.8, 4) is 17.1 Å². The van der Waals surface area contributed by atoms with Gasteiger partial charge < -0.3 is 15.2 Å². The van der Waals surface area contributed by atoms with Gasteiger partial charge in [-0.2, -0.15) is 17.6 Å². The maximum absolute atomic E-state index is 15.3. The average Bonchev–Trinajstić information content (AvgIpc) is 3.18. The summed E-state index contributed by atoms with van der Waals surface area (Å²) in [7, 11) is 0. The second kappa shape index (κ2) is 13.7. The normalized spacial score (nSPS) is 12.0. The quantitative estimate of drug-likeness (QED) is 0.220. The smallest absolute Gasteiger partial charge is 0.336 e. The molecule has 0 aliphatic heterocycles. The number of carbonyl (C=O) groups excluding carboxylic acids is 1. The van der Waals surface area contributed by atoms with Crippen LogP contribution in [-0.2, 0) is 17.9 Å². The number of benzene rings is 2. The maximum Gasteiger partial charge on any atom is 0.336 e. The highest BCUT2D eigenvalue weighted by atomic mass is 35.5. The number of thiol groups is 1. The fourth-order valence-electron chi connectivity index (χ4n) is 4.15. The van der Waals surface area contributed by atoms with E-state index in [1.165, 1.54) is 12.1 Å². The van der Waals surface area contributed by atoms with Crippen molar-refractivity contribution in [3.63, 3.8) is 0 Å². The summed E-state index contributed by atoms with van der Waals surface area (Å²) in [6.45, 7) is 6.59. The molecule has 7 nitrogen and oxygen atoms in total. The van der Waals surface area contributed by atoms with E-state index < -0.39 is 11.8 Å². The number of aromatic nitrogens is 2. The van der Waals surface area contributed by atoms with Crippen molar-refractivity contribution in [1.82, 2.24) is 14.9 Å². The van der Waals surface area contributed by atoms with E-state index >= 15 is 4.39 Å². The van der Waals surface area contributed by atoms with Crippen LogP contribution in [0.25, 0.3) is 11.1 Å². The number of carbonyl (C=O) groups is 2. The second-order valence-electron chi connectivity index (χ2n) is 9.45. The van der Waals surface area contributed by atoms with Crippen molar-refractivity contribution in [2.24, 2.45) is 11.8 Å². The highest BCUT2D eigenvalue weighted by Gasteiger charge is 2.23. The molecule has 0 saturated heterocycles. The average molecular weight is 562 g/mol. The number of aromatic carboxylic acids is 1. The molecule has 1 aromatic heterocycles. The van der Waals surface area contributed by atoms with Crippen molar-refractivity contribution in [3.05, 3.63) is 70.3 Å². The summed E-state index contributed by atoms with van der Waals surface area (Å²) < 4.78 is 22.8. The number of nitrogens with one attached hydrogen (secondary N) is 1. The van der Waals surface area contributed by atoms with Gasteiger partial charge in [0.2, 0.25) is 5.91 Å². The number of carboxylic acids is 1. The zero-order chi connectivity index (χ0) is 27.8. The van der Waals surface area contributed by atoms with Crippen molar-refractivity contribution < 1.29 is 23.8 Å². The van der Waals surface area contributed by atoms with Crippen molar-refractivity contribution in [2.45, 2.75) is 46.7 Å². The summed E-state index contributed by atoms with van der Waals surface area (Å²) in [4.78, 5) is 28.7. The highest BCUT2D eigenvalue weighted by Crippen LogP contribution is 2.29. The van der Waals surface area contributed by atoms with Gasteiger partial charge >= 0.3 is 5.97 Å². The Morgan fingerprint density at radius 2 is 1.97 bits per heavy atom. The molecule has 204 valence electrons. The molecular formula is C28H33ClFN3O4S. The fourth-order valence-corrected chi connectivity index (χ4v) is 4.71. The third-order valence-corrected chi connectivity index (χ3v) is 6.79. The van der Waals surface area contributed by atoms with Gasteiger partial charge in [0.05, 0.1) is 31.0 Å². The van der Waals surface area contributed by atoms with E-state index in [0.29, 0.717) is 47.1 Å². The Bertz CT molecular complexity index is 1280. The molecule has 2 N–H and O–H groups in total. The van der Waals surface area contributed by atoms with E-state index in [1.807, 2.05) is 20.8 Å². The van der Waals surface area contributed by atoms with Crippen LogP contribution in [0, 0.1) is 17.7 Å². The molecule has 1 amide bonds. The Morgan fingerprint density at radius 3 is 2.61 bits per heavy atom. The molecule has 0 saturated carbocycles. The monoisotopic (exact) mass is 561 g/mol. The minimum Gasteiger partial charge on any atom is -0.478 e. The summed E-state index contributed by atoms with van der Waals surface area (Å²) in [5.74, 6) is -1.23. The summed E-state index contributed by atoms with van der Waals surface area (Å²) in [5.41, 5.74) is 1.79. The van der Waals surface area contributed by atoms with Crippen molar-refractivity contribution >= 4 is 36.1 Å². The second-order valence-corrected chi connectivity index (χ2v) is 10.2. The summed E-state index contributed by atoms with van der Waals surface area (Å²) in [5, 5.41) is 12.6. The van der Waals surface area contributed by atoms with Gasteiger partial charge in [-0.25, -0.2) is 9.18 Å². The Balaban J connectivity index is 1.90.